The van der Waals surface area contributed by atoms with Crippen molar-refractivity contribution < 1.29 is 0 Å². The maximum atomic E-state index is 5.69. The molecule has 2 rings (SSSR count). The third-order valence-corrected chi connectivity index (χ3v) is 3.36. The fourth-order valence-electron chi connectivity index (χ4n) is 2.32. The fraction of sp³-hybridized carbons (Fsp3) is 0.538. The van der Waals surface area contributed by atoms with Crippen LogP contribution >= 0.6 is 0 Å². The highest BCUT2D eigenvalue weighted by molar-refractivity contribution is 5.39. The Hall–Kier alpha value is -1.06. The molecular weight excluding hydrogens is 198 g/mol. The van der Waals surface area contributed by atoms with Crippen LogP contribution in [0.1, 0.15) is 19.4 Å². The van der Waals surface area contributed by atoms with Crippen LogP contribution in [0.3, 0.4) is 0 Å². The molecule has 0 amide bonds. The zero-order chi connectivity index (χ0) is 11.5. The third kappa shape index (κ3) is 2.54. The third-order valence-electron chi connectivity index (χ3n) is 3.36. The molecule has 0 saturated carbocycles. The van der Waals surface area contributed by atoms with Crippen LogP contribution in [0.5, 0.6) is 0 Å². The fourth-order valence-corrected chi connectivity index (χ4v) is 2.32. The molecule has 1 fully saturated rings. The molecule has 0 bridgehead atoms. The molecule has 0 radical (unpaired) electrons. The predicted octanol–water partition coefficient (Wildman–Crippen LogP) is 1.45. The van der Waals surface area contributed by atoms with Crippen molar-refractivity contribution >= 4 is 5.69 Å². The van der Waals surface area contributed by atoms with Gasteiger partial charge in [-0.25, -0.2) is 0 Å². The lowest BCUT2D eigenvalue weighted by Gasteiger charge is -2.39. The smallest absolute Gasteiger partial charge is 0.0314 e. The highest BCUT2D eigenvalue weighted by Gasteiger charge is 2.23. The maximum Gasteiger partial charge on any atom is 0.0314 e. The Labute approximate surface area is 97.6 Å². The molecule has 1 aliphatic rings. The van der Waals surface area contributed by atoms with E-state index in [2.05, 4.69) is 36.2 Å². The Morgan fingerprint density at radius 2 is 1.75 bits per heavy atom. The van der Waals surface area contributed by atoms with Gasteiger partial charge in [-0.3, -0.25) is 4.90 Å². The number of nitrogens with one attached hydrogen (secondary N) is 1. The summed E-state index contributed by atoms with van der Waals surface area (Å²) in [6.07, 6.45) is 0. The van der Waals surface area contributed by atoms with Gasteiger partial charge in [0.15, 0.2) is 0 Å². The van der Waals surface area contributed by atoms with Crippen LogP contribution in [-0.4, -0.2) is 30.1 Å². The first-order chi connectivity index (χ1) is 7.66. The summed E-state index contributed by atoms with van der Waals surface area (Å²) in [6.45, 7) is 7.74. The van der Waals surface area contributed by atoms with E-state index < -0.39 is 0 Å². The molecular formula is C13H21N3. The van der Waals surface area contributed by atoms with Gasteiger partial charge in [-0.05, 0) is 31.5 Å². The summed E-state index contributed by atoms with van der Waals surface area (Å²) < 4.78 is 0. The first-order valence-corrected chi connectivity index (χ1v) is 5.97. The van der Waals surface area contributed by atoms with E-state index in [0.29, 0.717) is 12.1 Å². The van der Waals surface area contributed by atoms with Crippen molar-refractivity contribution in [3.05, 3.63) is 29.8 Å². The Bertz CT molecular complexity index is 324. The largest absolute Gasteiger partial charge is 0.399 e. The highest BCUT2D eigenvalue weighted by Crippen LogP contribution is 2.15. The number of nitrogens with two attached hydrogens (primary N) is 1. The normalized spacial score (nSPS) is 26.9. The Kier molecular flexibility index (Phi) is 3.46. The van der Waals surface area contributed by atoms with Crippen LogP contribution in [0.15, 0.2) is 24.3 Å². The number of rotatable bonds is 2. The van der Waals surface area contributed by atoms with Crippen LogP contribution in [0.2, 0.25) is 0 Å². The van der Waals surface area contributed by atoms with Gasteiger partial charge >= 0.3 is 0 Å². The second-order valence-corrected chi connectivity index (χ2v) is 4.77. The minimum Gasteiger partial charge on any atom is -0.399 e. The van der Waals surface area contributed by atoms with E-state index in [-0.39, 0.29) is 0 Å². The van der Waals surface area contributed by atoms with Crippen molar-refractivity contribution in [2.75, 3.05) is 18.8 Å². The van der Waals surface area contributed by atoms with E-state index in [4.69, 9.17) is 5.73 Å². The number of anilines is 1. The summed E-state index contributed by atoms with van der Waals surface area (Å²) in [4.78, 5) is 2.54. The van der Waals surface area contributed by atoms with E-state index in [0.717, 1.165) is 25.3 Å². The van der Waals surface area contributed by atoms with E-state index in [9.17, 15) is 0 Å². The van der Waals surface area contributed by atoms with E-state index >= 15 is 0 Å². The molecule has 3 N–H and O–H groups in total. The van der Waals surface area contributed by atoms with Gasteiger partial charge < -0.3 is 11.1 Å². The number of benzene rings is 1. The monoisotopic (exact) mass is 219 g/mol. The van der Waals surface area contributed by atoms with Gasteiger partial charge in [-0.2, -0.15) is 0 Å². The molecule has 0 aliphatic carbocycles. The zero-order valence-electron chi connectivity index (χ0n) is 10.1. The molecule has 3 nitrogen and oxygen atoms in total. The van der Waals surface area contributed by atoms with Crippen molar-refractivity contribution in [1.29, 1.82) is 0 Å². The molecule has 1 aromatic carbocycles. The van der Waals surface area contributed by atoms with Crippen LogP contribution in [-0.2, 0) is 6.54 Å². The quantitative estimate of drug-likeness (QED) is 0.740. The summed E-state index contributed by atoms with van der Waals surface area (Å²) in [5, 5.41) is 3.45. The molecule has 2 atom stereocenters. The Morgan fingerprint density at radius 1 is 1.19 bits per heavy atom. The SMILES string of the molecule is CC1CNCC(C)N1Cc1ccc(N)cc1. The summed E-state index contributed by atoms with van der Waals surface area (Å²) in [5.74, 6) is 0. The summed E-state index contributed by atoms with van der Waals surface area (Å²) >= 11 is 0. The minimum absolute atomic E-state index is 0.598. The molecule has 1 aromatic rings. The lowest BCUT2D eigenvalue weighted by molar-refractivity contribution is 0.109. The molecule has 1 saturated heterocycles. The standard InChI is InChI=1S/C13H21N3/c1-10-7-15-8-11(2)16(10)9-12-3-5-13(14)6-4-12/h3-6,10-11,15H,7-9,14H2,1-2H3. The lowest BCUT2D eigenvalue weighted by Crippen LogP contribution is -2.54. The number of hydrogen-bond acceptors (Lipinski definition) is 3. The molecule has 16 heavy (non-hydrogen) atoms. The van der Waals surface area contributed by atoms with Crippen molar-refractivity contribution in [3.8, 4) is 0 Å². The molecule has 0 aromatic heterocycles. The van der Waals surface area contributed by atoms with E-state index in [1.165, 1.54) is 5.56 Å². The van der Waals surface area contributed by atoms with Gasteiger partial charge in [0.05, 0.1) is 0 Å². The summed E-state index contributed by atoms with van der Waals surface area (Å²) in [5.41, 5.74) is 7.87. The molecule has 88 valence electrons. The second-order valence-electron chi connectivity index (χ2n) is 4.77. The minimum atomic E-state index is 0.598. The van der Waals surface area contributed by atoms with Crippen molar-refractivity contribution in [2.45, 2.75) is 32.5 Å². The van der Waals surface area contributed by atoms with Gasteiger partial charge in [0.25, 0.3) is 0 Å². The topological polar surface area (TPSA) is 41.3 Å². The Balaban J connectivity index is 2.04. The molecule has 1 heterocycles. The number of nitrogen functional groups attached to an aromatic ring is 1. The molecule has 0 spiro atoms. The van der Waals surface area contributed by atoms with Gasteiger partial charge in [-0.15, -0.1) is 0 Å². The average molecular weight is 219 g/mol. The lowest BCUT2D eigenvalue weighted by atomic mass is 10.1. The Morgan fingerprint density at radius 3 is 2.31 bits per heavy atom. The number of hydrogen-bond donors (Lipinski definition) is 2. The van der Waals surface area contributed by atoms with Crippen molar-refractivity contribution in [3.63, 3.8) is 0 Å². The summed E-state index contributed by atoms with van der Waals surface area (Å²) in [7, 11) is 0. The predicted molar refractivity (Wildman–Crippen MR) is 68.2 cm³/mol. The second kappa shape index (κ2) is 4.85. The average Bonchev–Trinajstić information content (AvgIpc) is 2.26. The first kappa shape index (κ1) is 11.4. The van der Waals surface area contributed by atoms with Gasteiger partial charge in [0.2, 0.25) is 0 Å². The van der Waals surface area contributed by atoms with Crippen LogP contribution < -0.4 is 11.1 Å². The zero-order valence-corrected chi connectivity index (χ0v) is 10.1. The van der Waals surface area contributed by atoms with Gasteiger partial charge in [0, 0.05) is 37.4 Å². The van der Waals surface area contributed by atoms with Crippen molar-refractivity contribution in [1.82, 2.24) is 10.2 Å². The van der Waals surface area contributed by atoms with Crippen molar-refractivity contribution in [2.24, 2.45) is 0 Å². The van der Waals surface area contributed by atoms with Crippen LogP contribution in [0.25, 0.3) is 0 Å². The van der Waals surface area contributed by atoms with Gasteiger partial charge in [-0.1, -0.05) is 12.1 Å². The molecule has 3 heteroatoms. The van der Waals surface area contributed by atoms with E-state index in [1.807, 2.05) is 12.1 Å². The maximum absolute atomic E-state index is 5.69. The van der Waals surface area contributed by atoms with E-state index in [1.54, 1.807) is 0 Å². The number of piperazine rings is 1. The molecule has 2 unspecified atom stereocenters. The van der Waals surface area contributed by atoms with Crippen LogP contribution in [0.4, 0.5) is 5.69 Å². The van der Waals surface area contributed by atoms with Gasteiger partial charge in [0.1, 0.15) is 0 Å². The van der Waals surface area contributed by atoms with Crippen LogP contribution in [0, 0.1) is 0 Å². The summed E-state index contributed by atoms with van der Waals surface area (Å²) in [6, 6.07) is 9.40. The molecule has 1 aliphatic heterocycles. The number of nitrogens with zero attached hydrogens (tertiary/aromatic N) is 1. The highest BCUT2D eigenvalue weighted by atomic mass is 15.2. The first-order valence-electron chi connectivity index (χ1n) is 5.97.